The number of hydrogen-bond acceptors (Lipinski definition) is 0. The van der Waals surface area contributed by atoms with Gasteiger partial charge in [0.05, 0.1) is 0 Å². The van der Waals surface area contributed by atoms with Gasteiger partial charge >= 0.3 is 88.1 Å². The Kier molecular flexibility index (Phi) is 2.40. The van der Waals surface area contributed by atoms with Gasteiger partial charge in [-0.3, -0.25) is 0 Å². The van der Waals surface area contributed by atoms with Crippen LogP contribution in [0.15, 0.2) is 24.3 Å². The van der Waals surface area contributed by atoms with E-state index in [1.165, 1.54) is 14.5 Å². The maximum absolute atomic E-state index is 5.34. The van der Waals surface area contributed by atoms with Crippen LogP contribution in [0.3, 0.4) is 0 Å². The molecule has 0 unspecified atom stereocenters. The van der Waals surface area contributed by atoms with E-state index in [9.17, 15) is 0 Å². The normalized spacial score (nSPS) is 10.2. The molecule has 1 nitrogen and oxygen atoms in total. The molecule has 64 valence electrons. The van der Waals surface area contributed by atoms with E-state index in [0.717, 1.165) is 6.42 Å². The fourth-order valence-electron chi connectivity index (χ4n) is 1.46. The second kappa shape index (κ2) is 3.54. The van der Waals surface area contributed by atoms with Crippen molar-refractivity contribution >= 4 is 29.5 Å². The molecule has 0 aliphatic heterocycles. The van der Waals surface area contributed by atoms with E-state index in [-0.39, 0.29) is 20.7 Å². The van der Waals surface area contributed by atoms with Gasteiger partial charge in [-0.25, -0.2) is 0 Å². The van der Waals surface area contributed by atoms with Gasteiger partial charge in [-0.1, -0.05) is 0 Å². The summed E-state index contributed by atoms with van der Waals surface area (Å²) in [6.07, 6.45) is 6.11. The molecule has 0 saturated carbocycles. The molecule has 0 spiro atoms. The van der Waals surface area contributed by atoms with Gasteiger partial charge in [-0.15, -0.1) is 0 Å². The second-order valence-corrected chi connectivity index (χ2v) is 6.25. The van der Waals surface area contributed by atoms with Crippen molar-refractivity contribution in [1.82, 2.24) is 0 Å². The SMILES string of the molecule is C#CCc1c2ccccc2[te][n+]1C. The summed E-state index contributed by atoms with van der Waals surface area (Å²) in [5.41, 5.74) is 1.33. The van der Waals surface area contributed by atoms with E-state index in [1.807, 2.05) is 0 Å². The summed E-state index contributed by atoms with van der Waals surface area (Å²) in [6, 6.07) is 8.59. The number of benzene rings is 1. The van der Waals surface area contributed by atoms with Crippen LogP contribution in [0.2, 0.25) is 0 Å². The van der Waals surface area contributed by atoms with Crippen LogP contribution in [0.1, 0.15) is 5.69 Å². The summed E-state index contributed by atoms with van der Waals surface area (Å²) < 4.78 is 3.87. The molecule has 1 aromatic heterocycles. The molecule has 2 heteroatoms. The van der Waals surface area contributed by atoms with Crippen molar-refractivity contribution in [1.29, 1.82) is 0 Å². The summed E-state index contributed by atoms with van der Waals surface area (Å²) in [4.78, 5) is 0. The maximum atomic E-state index is 5.34. The average molecular weight is 284 g/mol. The molecule has 0 aliphatic rings. The van der Waals surface area contributed by atoms with E-state index in [4.69, 9.17) is 6.42 Å². The Hall–Kier alpha value is -0.760. The molecule has 13 heavy (non-hydrogen) atoms. The quantitative estimate of drug-likeness (QED) is 0.541. The Morgan fingerprint density at radius 3 is 3.00 bits per heavy atom. The van der Waals surface area contributed by atoms with Gasteiger partial charge in [0.25, 0.3) is 0 Å². The van der Waals surface area contributed by atoms with E-state index in [0.29, 0.717) is 0 Å². The predicted molar refractivity (Wildman–Crippen MR) is 54.6 cm³/mol. The fraction of sp³-hybridized carbons (Fsp3) is 0.182. The zero-order chi connectivity index (χ0) is 9.26. The van der Waals surface area contributed by atoms with Gasteiger partial charge in [0.2, 0.25) is 0 Å². The molecule has 0 amide bonds. The number of rotatable bonds is 1. The van der Waals surface area contributed by atoms with Crippen LogP contribution in [0.5, 0.6) is 0 Å². The van der Waals surface area contributed by atoms with Crippen molar-refractivity contribution in [2.24, 2.45) is 7.05 Å². The summed E-state index contributed by atoms with van der Waals surface area (Å²) in [5, 5.41) is 1.38. The predicted octanol–water partition coefficient (Wildman–Crippen LogP) is 0.897. The topological polar surface area (TPSA) is 3.88 Å². The minimum atomic E-state index is -0.171. The van der Waals surface area contributed by atoms with Gasteiger partial charge in [0.1, 0.15) is 0 Å². The van der Waals surface area contributed by atoms with Gasteiger partial charge in [0, 0.05) is 0 Å². The van der Waals surface area contributed by atoms with Crippen molar-refractivity contribution in [2.45, 2.75) is 6.42 Å². The summed E-state index contributed by atoms with van der Waals surface area (Å²) in [5.74, 6) is 2.72. The van der Waals surface area contributed by atoms with E-state index in [1.54, 1.807) is 0 Å². The standard InChI is InChI=1S/C11H10NTe/c1-3-6-10-9-7-4-5-8-11(9)13-12(10)2/h1,4-5,7-8H,6H2,2H3/q+1. The van der Waals surface area contributed by atoms with Gasteiger partial charge < -0.3 is 0 Å². The third kappa shape index (κ3) is 1.51. The van der Waals surface area contributed by atoms with Crippen molar-refractivity contribution < 1.29 is 2.79 Å². The average Bonchev–Trinajstić information content (AvgIpc) is 2.44. The third-order valence-electron chi connectivity index (χ3n) is 2.08. The summed E-state index contributed by atoms with van der Waals surface area (Å²) >= 11 is -0.171. The summed E-state index contributed by atoms with van der Waals surface area (Å²) in [6.45, 7) is 0. The molecule has 2 aromatic rings. The van der Waals surface area contributed by atoms with E-state index < -0.39 is 0 Å². The molecule has 0 N–H and O–H groups in total. The molecular formula is C11H10NTe+. The molecule has 1 aromatic carbocycles. The Balaban J connectivity index is 2.73. The van der Waals surface area contributed by atoms with Crippen LogP contribution >= 0.6 is 0 Å². The van der Waals surface area contributed by atoms with Crippen LogP contribution in [-0.4, -0.2) is 20.7 Å². The van der Waals surface area contributed by atoms with Crippen molar-refractivity contribution in [3.05, 3.63) is 30.0 Å². The monoisotopic (exact) mass is 286 g/mol. The Morgan fingerprint density at radius 1 is 1.46 bits per heavy atom. The van der Waals surface area contributed by atoms with Gasteiger partial charge in [-0.05, 0) is 0 Å². The summed E-state index contributed by atoms with van der Waals surface area (Å²) in [7, 11) is 2.15. The number of fused-ring (bicyclic) bond motifs is 1. The number of hydrogen-bond donors (Lipinski definition) is 0. The second-order valence-electron chi connectivity index (χ2n) is 2.91. The molecule has 0 aliphatic carbocycles. The Bertz CT molecular complexity index is 476. The van der Waals surface area contributed by atoms with E-state index in [2.05, 4.69) is 40.0 Å². The first kappa shape index (κ1) is 8.82. The van der Waals surface area contributed by atoms with Crippen LogP contribution < -0.4 is 2.79 Å². The Morgan fingerprint density at radius 2 is 2.23 bits per heavy atom. The van der Waals surface area contributed by atoms with Crippen LogP contribution in [0.4, 0.5) is 0 Å². The Labute approximate surface area is 88.0 Å². The zero-order valence-corrected chi connectivity index (χ0v) is 9.78. The van der Waals surface area contributed by atoms with Crippen LogP contribution in [0.25, 0.3) is 8.79 Å². The number of nitrogens with zero attached hydrogens (tertiary/aromatic N) is 1. The first-order valence-corrected chi connectivity index (χ1v) is 6.34. The molecule has 0 fully saturated rings. The van der Waals surface area contributed by atoms with Crippen molar-refractivity contribution in [3.63, 3.8) is 0 Å². The molecular weight excluding hydrogens is 274 g/mol. The first-order valence-electron chi connectivity index (χ1n) is 4.13. The van der Waals surface area contributed by atoms with Crippen LogP contribution in [0, 0.1) is 12.3 Å². The third-order valence-corrected chi connectivity index (χ3v) is 5.07. The molecule has 1 heterocycles. The van der Waals surface area contributed by atoms with Crippen molar-refractivity contribution in [3.8, 4) is 12.3 Å². The molecule has 2 rings (SSSR count). The van der Waals surface area contributed by atoms with E-state index >= 15 is 0 Å². The first-order chi connectivity index (χ1) is 6.33. The number of aromatic nitrogens is 1. The molecule has 0 atom stereocenters. The molecule has 0 bridgehead atoms. The van der Waals surface area contributed by atoms with Gasteiger partial charge in [0.15, 0.2) is 0 Å². The minimum absolute atomic E-state index is 0.171. The fourth-order valence-corrected chi connectivity index (χ4v) is 4.29. The number of aryl methyl sites for hydroxylation is 1. The number of terminal acetylenes is 1. The zero-order valence-electron chi connectivity index (χ0n) is 7.45. The van der Waals surface area contributed by atoms with Crippen molar-refractivity contribution in [2.75, 3.05) is 0 Å². The molecule has 0 radical (unpaired) electrons. The van der Waals surface area contributed by atoms with Gasteiger partial charge in [-0.2, -0.15) is 0 Å². The van der Waals surface area contributed by atoms with Crippen LogP contribution in [-0.2, 0) is 13.5 Å². The molecule has 0 saturated heterocycles.